The van der Waals surface area contributed by atoms with Crippen LogP contribution in [0.15, 0.2) is 34.3 Å². The number of oxime groups is 1. The van der Waals surface area contributed by atoms with Gasteiger partial charge in [-0.1, -0.05) is 24.2 Å². The number of nitrogens with zero attached hydrogens (tertiary/aromatic N) is 1. The van der Waals surface area contributed by atoms with E-state index in [-0.39, 0.29) is 0 Å². The molecule has 0 atom stereocenters. The number of amides is 1. The lowest BCUT2D eigenvalue weighted by Gasteiger charge is -2.15. The number of benzene rings is 1. The predicted octanol–water partition coefficient (Wildman–Crippen LogP) is 4.90. The van der Waals surface area contributed by atoms with E-state index in [1.54, 1.807) is 11.8 Å². The average molecular weight is 357 g/mol. The third kappa shape index (κ3) is 3.74. The van der Waals surface area contributed by atoms with Gasteiger partial charge in [0, 0.05) is 21.8 Å². The Morgan fingerprint density at radius 1 is 1.36 bits per heavy atom. The highest BCUT2D eigenvalue weighted by Gasteiger charge is 2.23. The number of carbonyl (C=O) groups is 1. The van der Waals surface area contributed by atoms with Crippen LogP contribution in [0.3, 0.4) is 0 Å². The van der Waals surface area contributed by atoms with Gasteiger partial charge >= 0.3 is 6.09 Å². The molecule has 3 rings (SSSR count). The maximum atomic E-state index is 12.1. The van der Waals surface area contributed by atoms with Crippen LogP contribution in [0.2, 0.25) is 0 Å². The first-order valence-electron chi connectivity index (χ1n) is 8.52. The van der Waals surface area contributed by atoms with Gasteiger partial charge in [0.15, 0.2) is 0 Å². The Hall–Kier alpha value is -2.21. The molecule has 0 radical (unpaired) electrons. The lowest BCUT2D eigenvalue weighted by atomic mass is 9.92. The molecule has 1 amide bonds. The Bertz CT molecular complexity index is 811. The number of nitrogens with one attached hydrogen (secondary N) is 2. The number of fused-ring (bicyclic) bond motifs is 1. The first kappa shape index (κ1) is 17.6. The normalized spacial score (nSPS) is 15.1. The number of aryl methyl sites for hydroxylation is 2. The molecule has 0 saturated heterocycles. The molecule has 6 heteroatoms. The van der Waals surface area contributed by atoms with Crippen LogP contribution in [0.25, 0.3) is 0 Å². The van der Waals surface area contributed by atoms with Crippen LogP contribution in [-0.4, -0.2) is 23.0 Å². The number of H-pyrrole nitrogens is 1. The lowest BCUT2D eigenvalue weighted by Crippen LogP contribution is -2.16. The van der Waals surface area contributed by atoms with Crippen molar-refractivity contribution >= 4 is 29.3 Å². The van der Waals surface area contributed by atoms with Gasteiger partial charge in [0.2, 0.25) is 0 Å². The number of hydrogen-bond acceptors (Lipinski definition) is 4. The summed E-state index contributed by atoms with van der Waals surface area (Å²) in [4.78, 5) is 21.7. The average Bonchev–Trinajstić information content (AvgIpc) is 2.96. The minimum absolute atomic E-state index is 0.563. The highest BCUT2D eigenvalue weighted by molar-refractivity contribution is 7.98. The van der Waals surface area contributed by atoms with Crippen LogP contribution in [0.1, 0.15) is 42.3 Å². The van der Waals surface area contributed by atoms with E-state index < -0.39 is 6.09 Å². The molecular weight excluding hydrogens is 334 g/mol. The van der Waals surface area contributed by atoms with Crippen molar-refractivity contribution < 1.29 is 9.63 Å². The van der Waals surface area contributed by atoms with Crippen molar-refractivity contribution in [2.75, 3.05) is 11.6 Å². The molecule has 0 aliphatic heterocycles. The van der Waals surface area contributed by atoms with Crippen LogP contribution in [0.4, 0.5) is 10.5 Å². The number of aromatic nitrogens is 1. The summed E-state index contributed by atoms with van der Waals surface area (Å²) in [6.45, 7) is 4.22. The SMILES string of the molecule is CCc1c(C)[nH]c2c1/C(=N/OC(=O)Nc1ccccc1SC)CCC2. The fraction of sp³-hybridized carbons (Fsp3) is 0.368. The van der Waals surface area contributed by atoms with Gasteiger partial charge in [-0.3, -0.25) is 10.2 Å². The Kier molecular flexibility index (Phi) is 5.48. The standard InChI is InChI=1S/C19H23N3O2S/c1-4-13-12(2)20-15-9-7-10-16(18(13)15)22-24-19(23)21-14-8-5-6-11-17(14)25-3/h5-6,8,11,20H,4,7,9-10H2,1-3H3,(H,21,23)/b22-16+. The molecule has 1 aromatic heterocycles. The van der Waals surface area contributed by atoms with E-state index in [4.69, 9.17) is 4.84 Å². The zero-order chi connectivity index (χ0) is 17.8. The van der Waals surface area contributed by atoms with Crippen molar-refractivity contribution in [2.24, 2.45) is 5.16 Å². The molecule has 0 bridgehead atoms. The molecule has 1 aliphatic carbocycles. The van der Waals surface area contributed by atoms with Crippen LogP contribution in [0, 0.1) is 6.92 Å². The third-order valence-electron chi connectivity index (χ3n) is 4.46. The maximum absolute atomic E-state index is 12.1. The number of hydrogen-bond donors (Lipinski definition) is 2. The van der Waals surface area contributed by atoms with Gasteiger partial charge in [-0.25, -0.2) is 4.79 Å². The predicted molar refractivity (Wildman–Crippen MR) is 103 cm³/mol. The van der Waals surface area contributed by atoms with Crippen molar-refractivity contribution in [3.8, 4) is 0 Å². The van der Waals surface area contributed by atoms with Gasteiger partial charge in [0.25, 0.3) is 0 Å². The van der Waals surface area contributed by atoms with E-state index in [0.29, 0.717) is 0 Å². The first-order valence-corrected chi connectivity index (χ1v) is 9.75. The highest BCUT2D eigenvalue weighted by atomic mass is 32.2. The molecule has 0 spiro atoms. The number of anilines is 1. The summed E-state index contributed by atoms with van der Waals surface area (Å²) in [7, 11) is 0. The summed E-state index contributed by atoms with van der Waals surface area (Å²) in [5.41, 5.74) is 6.39. The van der Waals surface area contributed by atoms with Crippen molar-refractivity contribution in [1.29, 1.82) is 0 Å². The van der Waals surface area contributed by atoms with Gasteiger partial charge in [0.1, 0.15) is 0 Å². The summed E-state index contributed by atoms with van der Waals surface area (Å²) in [6, 6.07) is 7.62. The molecule has 1 heterocycles. The fourth-order valence-corrected chi connectivity index (χ4v) is 3.89. The third-order valence-corrected chi connectivity index (χ3v) is 5.26. The molecule has 132 valence electrons. The molecule has 0 saturated carbocycles. The van der Waals surface area contributed by atoms with E-state index in [1.165, 1.54) is 17.0 Å². The zero-order valence-electron chi connectivity index (χ0n) is 14.8. The summed E-state index contributed by atoms with van der Waals surface area (Å²) >= 11 is 1.57. The molecule has 5 nitrogen and oxygen atoms in total. The number of carbonyl (C=O) groups excluding carboxylic acids is 1. The van der Waals surface area contributed by atoms with Crippen LogP contribution in [-0.2, 0) is 17.7 Å². The lowest BCUT2D eigenvalue weighted by molar-refractivity contribution is 0.166. The molecule has 25 heavy (non-hydrogen) atoms. The monoisotopic (exact) mass is 357 g/mol. The summed E-state index contributed by atoms with van der Waals surface area (Å²) in [6.07, 6.45) is 5.19. The molecule has 0 unspecified atom stereocenters. The minimum atomic E-state index is -0.563. The highest BCUT2D eigenvalue weighted by Crippen LogP contribution is 2.28. The van der Waals surface area contributed by atoms with Crippen LogP contribution < -0.4 is 5.32 Å². The number of rotatable bonds is 4. The Labute approximate surface area is 152 Å². The number of aromatic amines is 1. The summed E-state index contributed by atoms with van der Waals surface area (Å²) in [5, 5.41) is 6.94. The van der Waals surface area contributed by atoms with E-state index in [0.717, 1.165) is 47.5 Å². The molecular formula is C19H23N3O2S. The van der Waals surface area contributed by atoms with Gasteiger partial charge in [-0.2, -0.15) is 0 Å². The topological polar surface area (TPSA) is 66.5 Å². The van der Waals surface area contributed by atoms with Gasteiger partial charge < -0.3 is 4.98 Å². The second-order valence-corrected chi connectivity index (χ2v) is 6.88. The fourth-order valence-electron chi connectivity index (χ4n) is 3.34. The van der Waals surface area contributed by atoms with E-state index >= 15 is 0 Å². The number of thioether (sulfide) groups is 1. The van der Waals surface area contributed by atoms with Gasteiger partial charge in [0.05, 0.1) is 11.4 Å². The van der Waals surface area contributed by atoms with Crippen LogP contribution >= 0.6 is 11.8 Å². The summed E-state index contributed by atoms with van der Waals surface area (Å²) < 4.78 is 0. The van der Waals surface area contributed by atoms with E-state index in [1.807, 2.05) is 30.5 Å². The smallest absolute Gasteiger partial charge is 0.362 e. The summed E-state index contributed by atoms with van der Waals surface area (Å²) in [5.74, 6) is 0. The zero-order valence-corrected chi connectivity index (χ0v) is 15.6. The van der Waals surface area contributed by atoms with Gasteiger partial charge in [-0.15, -0.1) is 11.8 Å². The van der Waals surface area contributed by atoms with E-state index in [2.05, 4.69) is 29.3 Å². The Balaban J connectivity index is 1.76. The second kappa shape index (κ2) is 7.78. The maximum Gasteiger partial charge on any atom is 0.437 e. The van der Waals surface area contributed by atoms with Crippen molar-refractivity contribution in [1.82, 2.24) is 4.98 Å². The van der Waals surface area contributed by atoms with Crippen molar-refractivity contribution in [3.63, 3.8) is 0 Å². The van der Waals surface area contributed by atoms with Crippen molar-refractivity contribution in [3.05, 3.63) is 46.8 Å². The van der Waals surface area contributed by atoms with E-state index in [9.17, 15) is 4.79 Å². The molecule has 1 aromatic carbocycles. The minimum Gasteiger partial charge on any atom is -0.362 e. The first-order chi connectivity index (χ1) is 12.1. The quantitative estimate of drug-likeness (QED) is 0.465. The Morgan fingerprint density at radius 3 is 2.92 bits per heavy atom. The molecule has 1 aliphatic rings. The second-order valence-electron chi connectivity index (χ2n) is 6.03. The molecule has 2 N–H and O–H groups in total. The molecule has 0 fully saturated rings. The molecule has 2 aromatic rings. The van der Waals surface area contributed by atoms with Crippen molar-refractivity contribution in [2.45, 2.75) is 44.4 Å². The van der Waals surface area contributed by atoms with Gasteiger partial charge in [-0.05, 0) is 56.6 Å². The Morgan fingerprint density at radius 2 is 2.16 bits per heavy atom. The van der Waals surface area contributed by atoms with Crippen LogP contribution in [0.5, 0.6) is 0 Å². The largest absolute Gasteiger partial charge is 0.437 e. The number of para-hydroxylation sites is 1.